The minimum atomic E-state index is -0.982. The summed E-state index contributed by atoms with van der Waals surface area (Å²) in [6.45, 7) is 0. The Hall–Kier alpha value is -2.56. The molecule has 0 aliphatic rings. The van der Waals surface area contributed by atoms with Gasteiger partial charge in [-0.25, -0.2) is 9.78 Å². The van der Waals surface area contributed by atoms with Gasteiger partial charge in [-0.3, -0.25) is 0 Å². The first-order valence-corrected chi connectivity index (χ1v) is 5.75. The van der Waals surface area contributed by atoms with E-state index in [1.807, 2.05) is 24.3 Å². The lowest BCUT2D eigenvalue weighted by Gasteiger charge is -2.04. The highest BCUT2D eigenvalue weighted by molar-refractivity contribution is 5.83. The van der Waals surface area contributed by atoms with Crippen molar-refractivity contribution in [3.63, 3.8) is 0 Å². The zero-order valence-corrected chi connectivity index (χ0v) is 10.5. The average Bonchev–Trinajstić information content (AvgIpc) is 2.84. The Morgan fingerprint density at radius 2 is 2.16 bits per heavy atom. The van der Waals surface area contributed by atoms with Crippen LogP contribution in [0.4, 0.5) is 0 Å². The number of rotatable bonds is 5. The van der Waals surface area contributed by atoms with Crippen LogP contribution in [-0.2, 0) is 11.2 Å². The third-order valence-corrected chi connectivity index (χ3v) is 2.65. The van der Waals surface area contributed by atoms with Crippen LogP contribution in [0.2, 0.25) is 0 Å². The highest BCUT2D eigenvalue weighted by Crippen LogP contribution is 2.14. The number of ether oxygens (including phenoxy) is 1. The summed E-state index contributed by atoms with van der Waals surface area (Å²) in [5.74, 6) is 0.602. The maximum atomic E-state index is 10.5. The van der Waals surface area contributed by atoms with E-state index < -0.39 is 5.97 Å². The molecule has 1 N–H and O–H groups in total. The van der Waals surface area contributed by atoms with Gasteiger partial charge in [0.25, 0.3) is 0 Å². The Balaban J connectivity index is 2.14. The summed E-state index contributed by atoms with van der Waals surface area (Å²) in [5.41, 5.74) is 1.08. The van der Waals surface area contributed by atoms with Crippen LogP contribution >= 0.6 is 0 Å². The van der Waals surface area contributed by atoms with Crippen molar-refractivity contribution in [1.29, 1.82) is 0 Å². The molecule has 1 heterocycles. The van der Waals surface area contributed by atoms with Crippen molar-refractivity contribution in [2.24, 2.45) is 0 Å². The highest BCUT2D eigenvalue weighted by Gasteiger charge is 2.03. The fourth-order valence-corrected chi connectivity index (χ4v) is 1.69. The first-order valence-electron chi connectivity index (χ1n) is 5.75. The van der Waals surface area contributed by atoms with Crippen LogP contribution in [-0.4, -0.2) is 27.7 Å². The molecule has 5 heteroatoms. The lowest BCUT2D eigenvalue weighted by atomic mass is 10.1. The van der Waals surface area contributed by atoms with Crippen molar-refractivity contribution in [2.75, 3.05) is 7.11 Å². The standard InChI is InChI=1S/C14H14N2O3/c1-19-12-4-2-11(3-5-12)10-13-15-7-9-16(13)8-6-14(17)18/h2-9H,10H2,1H3,(H,17,18)/b8-6+. The number of aliphatic carboxylic acids is 1. The zero-order chi connectivity index (χ0) is 13.7. The second-order valence-corrected chi connectivity index (χ2v) is 3.93. The molecule has 0 saturated carbocycles. The second-order valence-electron chi connectivity index (χ2n) is 3.93. The third-order valence-electron chi connectivity index (χ3n) is 2.65. The van der Waals surface area contributed by atoms with Crippen LogP contribution in [0.15, 0.2) is 42.7 Å². The van der Waals surface area contributed by atoms with E-state index in [4.69, 9.17) is 9.84 Å². The monoisotopic (exact) mass is 258 g/mol. The summed E-state index contributed by atoms with van der Waals surface area (Å²) in [5, 5.41) is 8.62. The first kappa shape index (κ1) is 12.9. The van der Waals surface area contributed by atoms with Gasteiger partial charge < -0.3 is 14.4 Å². The minimum absolute atomic E-state index is 0.626. The summed E-state index contributed by atoms with van der Waals surface area (Å²) < 4.78 is 6.79. The van der Waals surface area contributed by atoms with Crippen molar-refractivity contribution < 1.29 is 14.6 Å². The minimum Gasteiger partial charge on any atom is -0.497 e. The molecule has 0 unspecified atom stereocenters. The number of hydrogen-bond donors (Lipinski definition) is 1. The Bertz CT molecular complexity index is 585. The lowest BCUT2D eigenvalue weighted by molar-refractivity contribution is -0.131. The fraction of sp³-hybridized carbons (Fsp3) is 0.143. The summed E-state index contributed by atoms with van der Waals surface area (Å²) in [6.07, 6.45) is 6.55. The van der Waals surface area contributed by atoms with Crippen molar-refractivity contribution in [1.82, 2.24) is 9.55 Å². The number of nitrogens with zero attached hydrogens (tertiary/aromatic N) is 2. The van der Waals surface area contributed by atoms with E-state index in [1.54, 1.807) is 24.1 Å². The molecule has 98 valence electrons. The summed E-state index contributed by atoms with van der Waals surface area (Å²) in [4.78, 5) is 14.7. The topological polar surface area (TPSA) is 64.4 Å². The van der Waals surface area contributed by atoms with Gasteiger partial charge in [-0.1, -0.05) is 12.1 Å². The SMILES string of the molecule is COc1ccc(Cc2nccn2/C=C/C(=O)O)cc1. The lowest BCUT2D eigenvalue weighted by Crippen LogP contribution is -1.99. The fourth-order valence-electron chi connectivity index (χ4n) is 1.69. The summed E-state index contributed by atoms with van der Waals surface area (Å²) in [7, 11) is 1.62. The molecule has 2 rings (SSSR count). The van der Waals surface area contributed by atoms with Gasteiger partial charge in [0, 0.05) is 31.1 Å². The molecule has 1 aromatic carbocycles. The van der Waals surface area contributed by atoms with Gasteiger partial charge in [-0.2, -0.15) is 0 Å². The van der Waals surface area contributed by atoms with Crippen LogP contribution in [0.25, 0.3) is 6.20 Å². The van der Waals surface area contributed by atoms with Crippen molar-refractivity contribution in [2.45, 2.75) is 6.42 Å². The Labute approximate surface area is 110 Å². The number of methoxy groups -OCH3 is 1. The number of carboxylic acids is 1. The van der Waals surface area contributed by atoms with Crippen LogP contribution < -0.4 is 4.74 Å². The maximum absolute atomic E-state index is 10.5. The Morgan fingerprint density at radius 1 is 1.42 bits per heavy atom. The van der Waals surface area contributed by atoms with Crippen LogP contribution in [0.5, 0.6) is 5.75 Å². The maximum Gasteiger partial charge on any atom is 0.329 e. The highest BCUT2D eigenvalue weighted by atomic mass is 16.5. The van der Waals surface area contributed by atoms with E-state index in [-0.39, 0.29) is 0 Å². The van der Waals surface area contributed by atoms with Crippen LogP contribution in [0, 0.1) is 0 Å². The predicted molar refractivity (Wildman–Crippen MR) is 71.0 cm³/mol. The largest absolute Gasteiger partial charge is 0.497 e. The molecule has 0 spiro atoms. The molecular weight excluding hydrogens is 244 g/mol. The van der Waals surface area contributed by atoms with E-state index >= 15 is 0 Å². The Kier molecular flexibility index (Phi) is 3.97. The molecule has 0 saturated heterocycles. The number of imidazole rings is 1. The van der Waals surface area contributed by atoms with Gasteiger partial charge >= 0.3 is 5.97 Å². The normalized spacial score (nSPS) is 10.8. The predicted octanol–water partition coefficient (Wildman–Crippen LogP) is 2.04. The number of carboxylic acid groups (broad SMARTS) is 1. The van der Waals surface area contributed by atoms with Gasteiger partial charge in [-0.15, -0.1) is 0 Å². The van der Waals surface area contributed by atoms with Gasteiger partial charge in [0.2, 0.25) is 0 Å². The molecule has 0 amide bonds. The quantitative estimate of drug-likeness (QED) is 0.833. The van der Waals surface area contributed by atoms with Gasteiger partial charge in [-0.05, 0) is 17.7 Å². The van der Waals surface area contributed by atoms with E-state index in [0.29, 0.717) is 6.42 Å². The van der Waals surface area contributed by atoms with Crippen LogP contribution in [0.3, 0.4) is 0 Å². The van der Waals surface area contributed by atoms with E-state index in [1.165, 1.54) is 6.20 Å². The molecule has 0 fully saturated rings. The molecule has 0 aliphatic carbocycles. The van der Waals surface area contributed by atoms with Gasteiger partial charge in [0.1, 0.15) is 11.6 Å². The second kappa shape index (κ2) is 5.86. The van der Waals surface area contributed by atoms with Crippen molar-refractivity contribution in [3.05, 3.63) is 54.1 Å². The van der Waals surface area contributed by atoms with E-state index in [2.05, 4.69) is 4.98 Å². The summed E-state index contributed by atoms with van der Waals surface area (Å²) >= 11 is 0. The zero-order valence-electron chi connectivity index (χ0n) is 10.5. The first-order chi connectivity index (χ1) is 9.19. The number of carbonyl (C=O) groups is 1. The van der Waals surface area contributed by atoms with Gasteiger partial charge in [0.05, 0.1) is 7.11 Å². The van der Waals surface area contributed by atoms with Crippen molar-refractivity contribution >= 4 is 12.2 Å². The van der Waals surface area contributed by atoms with Crippen molar-refractivity contribution in [3.8, 4) is 5.75 Å². The number of aromatic nitrogens is 2. The third kappa shape index (κ3) is 3.45. The number of hydrogen-bond acceptors (Lipinski definition) is 3. The molecule has 5 nitrogen and oxygen atoms in total. The molecule has 0 aliphatic heterocycles. The smallest absolute Gasteiger partial charge is 0.329 e. The molecule has 0 radical (unpaired) electrons. The number of benzene rings is 1. The van der Waals surface area contributed by atoms with E-state index in [0.717, 1.165) is 23.2 Å². The summed E-state index contributed by atoms with van der Waals surface area (Å²) in [6, 6.07) is 7.68. The van der Waals surface area contributed by atoms with Crippen LogP contribution in [0.1, 0.15) is 11.4 Å². The molecule has 1 aromatic heterocycles. The van der Waals surface area contributed by atoms with Gasteiger partial charge in [0.15, 0.2) is 0 Å². The molecule has 19 heavy (non-hydrogen) atoms. The van der Waals surface area contributed by atoms with E-state index in [9.17, 15) is 4.79 Å². The molecule has 2 aromatic rings. The average molecular weight is 258 g/mol. The molecular formula is C14H14N2O3. The Morgan fingerprint density at radius 3 is 2.79 bits per heavy atom. The molecule has 0 bridgehead atoms. The molecule has 0 atom stereocenters.